The van der Waals surface area contributed by atoms with Crippen LogP contribution >= 0.6 is 0 Å². The lowest BCUT2D eigenvalue weighted by atomic mass is 9.96. The molecule has 1 aliphatic heterocycles. The van der Waals surface area contributed by atoms with Gasteiger partial charge in [0.05, 0.1) is 17.9 Å². The number of nitrogens with zero attached hydrogens (tertiary/aromatic N) is 8. The summed E-state index contributed by atoms with van der Waals surface area (Å²) in [6.07, 6.45) is 6.05. The lowest BCUT2D eigenvalue weighted by Crippen LogP contribution is -2.39. The van der Waals surface area contributed by atoms with E-state index in [1.165, 1.54) is 12.8 Å². The predicted molar refractivity (Wildman–Crippen MR) is 91.9 cm³/mol. The van der Waals surface area contributed by atoms with Crippen molar-refractivity contribution in [3.63, 3.8) is 0 Å². The number of tetrazole rings is 1. The second-order valence-electron chi connectivity index (χ2n) is 6.59. The van der Waals surface area contributed by atoms with E-state index in [9.17, 15) is 0 Å². The number of likely N-dealkylation sites (tertiary alicyclic amines) is 1. The van der Waals surface area contributed by atoms with Crippen LogP contribution in [0.2, 0.25) is 0 Å². The van der Waals surface area contributed by atoms with Gasteiger partial charge in [0.1, 0.15) is 0 Å². The Morgan fingerprint density at radius 1 is 1.20 bits per heavy atom. The molecule has 130 valence electrons. The molecule has 1 aliphatic rings. The molecule has 25 heavy (non-hydrogen) atoms. The summed E-state index contributed by atoms with van der Waals surface area (Å²) in [5.41, 5.74) is 0.991. The fourth-order valence-electron chi connectivity index (χ4n) is 3.56. The van der Waals surface area contributed by atoms with Gasteiger partial charge >= 0.3 is 0 Å². The topological polar surface area (TPSA) is 77.5 Å². The van der Waals surface area contributed by atoms with Gasteiger partial charge in [-0.15, -0.1) is 10.2 Å². The van der Waals surface area contributed by atoms with Crippen LogP contribution in [-0.4, -0.2) is 53.2 Å². The van der Waals surface area contributed by atoms with Crippen molar-refractivity contribution in [2.75, 3.05) is 13.1 Å². The summed E-state index contributed by atoms with van der Waals surface area (Å²) in [5, 5.41) is 20.4. The molecule has 0 spiro atoms. The quantitative estimate of drug-likeness (QED) is 0.705. The molecule has 0 unspecified atom stereocenters. The summed E-state index contributed by atoms with van der Waals surface area (Å²) in [6, 6.07) is 10.2. The normalized spacial score (nSPS) is 19.8. The highest BCUT2D eigenvalue weighted by Gasteiger charge is 2.28. The first-order valence-electron chi connectivity index (χ1n) is 8.73. The van der Waals surface area contributed by atoms with E-state index in [1.807, 2.05) is 45.9 Å². The van der Waals surface area contributed by atoms with Crippen molar-refractivity contribution in [2.24, 2.45) is 5.92 Å². The van der Waals surface area contributed by atoms with Crippen molar-refractivity contribution < 1.29 is 0 Å². The van der Waals surface area contributed by atoms with Gasteiger partial charge in [-0.25, -0.2) is 0 Å². The third-order valence-corrected chi connectivity index (χ3v) is 4.88. The number of para-hydroxylation sites is 1. The highest BCUT2D eigenvalue weighted by molar-refractivity contribution is 5.30. The Morgan fingerprint density at radius 3 is 2.88 bits per heavy atom. The van der Waals surface area contributed by atoms with Gasteiger partial charge in [0, 0.05) is 19.3 Å². The second-order valence-corrected chi connectivity index (χ2v) is 6.59. The molecule has 8 heteroatoms. The van der Waals surface area contributed by atoms with Crippen LogP contribution in [0.4, 0.5) is 0 Å². The van der Waals surface area contributed by atoms with Crippen molar-refractivity contribution in [2.45, 2.75) is 32.4 Å². The van der Waals surface area contributed by atoms with Crippen LogP contribution in [0.15, 0.2) is 42.7 Å². The standard InChI is InChI=1S/C17H22N8/c1-14(17-19-20-22-25(17)16-7-3-2-4-8-16)23-10-5-6-15(12-23)13-24-11-9-18-21-24/h2-4,7-9,11,14-15H,5-6,10,12-13H2,1H3/t14-,15+/m0/s1. The second kappa shape index (κ2) is 7.10. The first kappa shape index (κ1) is 15.9. The molecule has 0 bridgehead atoms. The summed E-state index contributed by atoms with van der Waals surface area (Å²) >= 11 is 0. The fourth-order valence-corrected chi connectivity index (χ4v) is 3.56. The molecule has 0 amide bonds. The SMILES string of the molecule is C[C@@H](c1nnnn1-c1ccccc1)N1CCC[C@@H](Cn2ccnn2)C1. The van der Waals surface area contributed by atoms with E-state index in [0.29, 0.717) is 5.92 Å². The summed E-state index contributed by atoms with van der Waals surface area (Å²) in [4.78, 5) is 2.47. The zero-order chi connectivity index (χ0) is 17.1. The molecule has 1 fully saturated rings. The zero-order valence-corrected chi connectivity index (χ0v) is 14.3. The molecule has 2 atom stereocenters. The maximum atomic E-state index is 4.30. The first-order valence-corrected chi connectivity index (χ1v) is 8.73. The van der Waals surface area contributed by atoms with Gasteiger partial charge < -0.3 is 0 Å². The Hall–Kier alpha value is -2.61. The van der Waals surface area contributed by atoms with Gasteiger partial charge in [-0.3, -0.25) is 9.58 Å². The van der Waals surface area contributed by atoms with Gasteiger partial charge in [0.2, 0.25) is 0 Å². The number of hydrogen-bond donors (Lipinski definition) is 0. The predicted octanol–water partition coefficient (Wildman–Crippen LogP) is 1.73. The average molecular weight is 338 g/mol. The summed E-state index contributed by atoms with van der Waals surface area (Å²) in [5.74, 6) is 1.45. The van der Waals surface area contributed by atoms with Crippen LogP contribution in [0.3, 0.4) is 0 Å². The van der Waals surface area contributed by atoms with Gasteiger partial charge in [-0.05, 0) is 54.8 Å². The van der Waals surface area contributed by atoms with E-state index in [1.54, 1.807) is 6.20 Å². The number of benzene rings is 1. The Bertz CT molecular complexity index is 782. The lowest BCUT2D eigenvalue weighted by molar-refractivity contribution is 0.115. The summed E-state index contributed by atoms with van der Waals surface area (Å²) < 4.78 is 3.76. The molecule has 0 saturated carbocycles. The van der Waals surface area contributed by atoms with Crippen molar-refractivity contribution >= 4 is 0 Å². The van der Waals surface area contributed by atoms with Crippen molar-refractivity contribution in [3.8, 4) is 5.69 Å². The molecular weight excluding hydrogens is 316 g/mol. The van der Waals surface area contributed by atoms with Crippen LogP contribution in [0.5, 0.6) is 0 Å². The molecule has 0 radical (unpaired) electrons. The molecule has 1 saturated heterocycles. The number of hydrogen-bond acceptors (Lipinski definition) is 6. The number of piperidine rings is 1. The van der Waals surface area contributed by atoms with E-state index >= 15 is 0 Å². The smallest absolute Gasteiger partial charge is 0.173 e. The Morgan fingerprint density at radius 2 is 2.08 bits per heavy atom. The number of aromatic nitrogens is 7. The maximum absolute atomic E-state index is 4.30. The number of rotatable bonds is 5. The van der Waals surface area contributed by atoms with E-state index in [-0.39, 0.29) is 6.04 Å². The van der Waals surface area contributed by atoms with Crippen molar-refractivity contribution in [1.29, 1.82) is 0 Å². The van der Waals surface area contributed by atoms with Crippen molar-refractivity contribution in [3.05, 3.63) is 48.5 Å². The van der Waals surface area contributed by atoms with Crippen LogP contribution in [0.1, 0.15) is 31.6 Å². The average Bonchev–Trinajstić information content (AvgIpc) is 3.34. The van der Waals surface area contributed by atoms with Gasteiger partial charge in [-0.1, -0.05) is 23.4 Å². The van der Waals surface area contributed by atoms with Crippen LogP contribution < -0.4 is 0 Å². The van der Waals surface area contributed by atoms with Crippen LogP contribution in [0, 0.1) is 5.92 Å². The molecule has 3 heterocycles. The molecule has 8 nitrogen and oxygen atoms in total. The Balaban J connectivity index is 1.49. The molecule has 0 N–H and O–H groups in total. The summed E-state index contributed by atoms with van der Waals surface area (Å²) in [7, 11) is 0. The van der Waals surface area contributed by atoms with Gasteiger partial charge in [-0.2, -0.15) is 4.68 Å². The highest BCUT2D eigenvalue weighted by Crippen LogP contribution is 2.27. The molecule has 2 aromatic heterocycles. The largest absolute Gasteiger partial charge is 0.293 e. The lowest BCUT2D eigenvalue weighted by Gasteiger charge is -2.36. The molecule has 0 aliphatic carbocycles. The molecule has 4 rings (SSSR count). The highest BCUT2D eigenvalue weighted by atomic mass is 15.6. The van der Waals surface area contributed by atoms with E-state index in [2.05, 4.69) is 37.7 Å². The molecule has 1 aromatic carbocycles. The van der Waals surface area contributed by atoms with E-state index < -0.39 is 0 Å². The Kier molecular flexibility index (Phi) is 4.51. The van der Waals surface area contributed by atoms with E-state index in [0.717, 1.165) is 31.1 Å². The monoisotopic (exact) mass is 338 g/mol. The van der Waals surface area contributed by atoms with Crippen LogP contribution in [-0.2, 0) is 6.54 Å². The minimum Gasteiger partial charge on any atom is -0.293 e. The van der Waals surface area contributed by atoms with Crippen molar-refractivity contribution in [1.82, 2.24) is 40.1 Å². The molecule has 3 aromatic rings. The Labute approximate surface area is 146 Å². The maximum Gasteiger partial charge on any atom is 0.173 e. The fraction of sp³-hybridized carbons (Fsp3) is 0.471. The van der Waals surface area contributed by atoms with Crippen LogP contribution in [0.25, 0.3) is 5.69 Å². The van der Waals surface area contributed by atoms with Gasteiger partial charge in [0.25, 0.3) is 0 Å². The third kappa shape index (κ3) is 3.43. The minimum absolute atomic E-state index is 0.161. The first-order chi connectivity index (χ1) is 12.3. The molecular formula is C17H22N8. The minimum atomic E-state index is 0.161. The van der Waals surface area contributed by atoms with Gasteiger partial charge in [0.15, 0.2) is 5.82 Å². The van der Waals surface area contributed by atoms with E-state index in [4.69, 9.17) is 0 Å². The zero-order valence-electron chi connectivity index (χ0n) is 14.3. The third-order valence-electron chi connectivity index (χ3n) is 4.88. The summed E-state index contributed by atoms with van der Waals surface area (Å²) in [6.45, 7) is 5.18.